The molecule has 1 aromatic heterocycles. The lowest BCUT2D eigenvalue weighted by Crippen LogP contribution is -2.38. The molecule has 2 unspecified atom stereocenters. The van der Waals surface area contributed by atoms with Gasteiger partial charge in [0.15, 0.2) is 0 Å². The number of hydrogen-bond acceptors (Lipinski definition) is 4. The van der Waals surface area contributed by atoms with Gasteiger partial charge in [-0.15, -0.1) is 0 Å². The van der Waals surface area contributed by atoms with Crippen molar-refractivity contribution in [1.82, 2.24) is 10.3 Å². The van der Waals surface area contributed by atoms with Crippen LogP contribution in [0.2, 0.25) is 0 Å². The Morgan fingerprint density at radius 3 is 2.60 bits per heavy atom. The van der Waals surface area contributed by atoms with Crippen molar-refractivity contribution in [2.24, 2.45) is 5.92 Å². The molecule has 1 aromatic rings. The minimum atomic E-state index is 0.0855. The zero-order chi connectivity index (χ0) is 15.1. The molecule has 4 heteroatoms. The summed E-state index contributed by atoms with van der Waals surface area (Å²) in [6, 6.07) is 2.20. The van der Waals surface area contributed by atoms with Crippen molar-refractivity contribution < 1.29 is 4.74 Å². The van der Waals surface area contributed by atoms with Crippen LogP contribution in [-0.4, -0.2) is 24.2 Å². The molecule has 2 atom stereocenters. The number of nitrogens with zero attached hydrogens (tertiary/aromatic N) is 1. The van der Waals surface area contributed by atoms with Crippen molar-refractivity contribution in [1.29, 1.82) is 0 Å². The highest BCUT2D eigenvalue weighted by atomic mass is 16.5. The lowest BCUT2D eigenvalue weighted by molar-refractivity contribution is 0.00293. The Labute approximate surface area is 123 Å². The molecule has 0 spiro atoms. The maximum Gasteiger partial charge on any atom is 0.128 e. The van der Waals surface area contributed by atoms with E-state index >= 15 is 0 Å². The first-order valence-electron chi connectivity index (χ1n) is 7.58. The molecule has 0 fully saturated rings. The first kappa shape index (κ1) is 16.9. The third-order valence-electron chi connectivity index (χ3n) is 3.38. The Morgan fingerprint density at radius 1 is 1.35 bits per heavy atom. The number of aromatic nitrogens is 1. The average Bonchev–Trinajstić information content (AvgIpc) is 2.41. The van der Waals surface area contributed by atoms with Gasteiger partial charge < -0.3 is 15.8 Å². The molecule has 0 amide bonds. The molecule has 114 valence electrons. The fraction of sp³-hybridized carbons (Fsp3) is 0.688. The van der Waals surface area contributed by atoms with E-state index in [-0.39, 0.29) is 12.1 Å². The summed E-state index contributed by atoms with van der Waals surface area (Å²) in [5.41, 5.74) is 8.26. The highest BCUT2D eigenvalue weighted by Gasteiger charge is 2.28. The van der Waals surface area contributed by atoms with E-state index in [2.05, 4.69) is 37.1 Å². The zero-order valence-corrected chi connectivity index (χ0v) is 13.4. The second-order valence-corrected chi connectivity index (χ2v) is 5.58. The summed E-state index contributed by atoms with van der Waals surface area (Å²) in [4.78, 5) is 4.29. The fourth-order valence-electron chi connectivity index (χ4n) is 2.42. The Bertz CT molecular complexity index is 407. The molecular formula is C16H29N3O. The predicted molar refractivity (Wildman–Crippen MR) is 84.7 cm³/mol. The quantitative estimate of drug-likeness (QED) is 0.767. The second kappa shape index (κ2) is 8.22. The number of nitrogens with one attached hydrogen (secondary N) is 1. The van der Waals surface area contributed by atoms with Crippen LogP contribution in [0.15, 0.2) is 12.3 Å². The van der Waals surface area contributed by atoms with Crippen molar-refractivity contribution in [3.05, 3.63) is 23.4 Å². The van der Waals surface area contributed by atoms with Crippen LogP contribution in [0.1, 0.15) is 51.3 Å². The standard InChI is InChI=1S/C16H29N3O/c1-6-8-18-14(15(11(3)4)20-7-2)13-9-12(5)10-19-16(13)17/h9-11,14-15,18H,6-8H2,1-5H3,(H2,17,19). The van der Waals surface area contributed by atoms with E-state index in [0.717, 1.165) is 24.1 Å². The van der Waals surface area contributed by atoms with E-state index in [1.807, 2.05) is 13.8 Å². The van der Waals surface area contributed by atoms with Crippen LogP contribution < -0.4 is 11.1 Å². The number of aryl methyl sites for hydroxylation is 1. The van der Waals surface area contributed by atoms with Gasteiger partial charge in [-0.3, -0.25) is 0 Å². The number of pyridine rings is 1. The average molecular weight is 279 g/mol. The molecule has 0 saturated heterocycles. The van der Waals surface area contributed by atoms with E-state index in [4.69, 9.17) is 10.5 Å². The molecule has 0 aliphatic carbocycles. The predicted octanol–water partition coefficient (Wildman–Crippen LogP) is 3.07. The van der Waals surface area contributed by atoms with Gasteiger partial charge in [0.1, 0.15) is 5.82 Å². The SMILES string of the molecule is CCCNC(c1cc(C)cnc1N)C(OCC)C(C)C. The van der Waals surface area contributed by atoms with Gasteiger partial charge in [-0.25, -0.2) is 4.98 Å². The summed E-state index contributed by atoms with van der Waals surface area (Å²) in [5.74, 6) is 0.999. The zero-order valence-electron chi connectivity index (χ0n) is 13.4. The van der Waals surface area contributed by atoms with Crippen LogP contribution in [0.25, 0.3) is 0 Å². The molecule has 0 aliphatic rings. The van der Waals surface area contributed by atoms with Gasteiger partial charge in [0.2, 0.25) is 0 Å². The Morgan fingerprint density at radius 2 is 2.05 bits per heavy atom. The van der Waals surface area contributed by atoms with Crippen molar-refractivity contribution in [3.8, 4) is 0 Å². The van der Waals surface area contributed by atoms with Crippen molar-refractivity contribution >= 4 is 5.82 Å². The van der Waals surface area contributed by atoms with Gasteiger partial charge in [-0.05, 0) is 44.4 Å². The molecule has 0 radical (unpaired) electrons. The molecule has 0 saturated carbocycles. The van der Waals surface area contributed by atoms with Crippen LogP contribution in [0.4, 0.5) is 5.82 Å². The van der Waals surface area contributed by atoms with E-state index < -0.39 is 0 Å². The van der Waals surface area contributed by atoms with Crippen LogP contribution in [0.3, 0.4) is 0 Å². The number of nitrogen functional groups attached to an aromatic ring is 1. The number of ether oxygens (including phenoxy) is 1. The molecular weight excluding hydrogens is 250 g/mol. The molecule has 0 bridgehead atoms. The third kappa shape index (κ3) is 4.46. The Balaban J connectivity index is 3.11. The first-order chi connectivity index (χ1) is 9.51. The summed E-state index contributed by atoms with van der Waals surface area (Å²) >= 11 is 0. The van der Waals surface area contributed by atoms with Gasteiger partial charge in [-0.1, -0.05) is 20.8 Å². The van der Waals surface area contributed by atoms with E-state index in [0.29, 0.717) is 18.3 Å². The maximum absolute atomic E-state index is 6.09. The lowest BCUT2D eigenvalue weighted by Gasteiger charge is -2.31. The molecule has 4 nitrogen and oxygen atoms in total. The van der Waals surface area contributed by atoms with Gasteiger partial charge in [0, 0.05) is 18.4 Å². The molecule has 1 heterocycles. The molecule has 0 aliphatic heterocycles. The summed E-state index contributed by atoms with van der Waals surface area (Å²) in [5, 5.41) is 3.58. The minimum Gasteiger partial charge on any atom is -0.383 e. The Kier molecular flexibility index (Phi) is 6.96. The van der Waals surface area contributed by atoms with Gasteiger partial charge in [0.25, 0.3) is 0 Å². The number of nitrogens with two attached hydrogens (primary N) is 1. The van der Waals surface area contributed by atoms with E-state index in [1.165, 1.54) is 0 Å². The normalized spacial score (nSPS) is 14.5. The van der Waals surface area contributed by atoms with Gasteiger partial charge >= 0.3 is 0 Å². The summed E-state index contributed by atoms with van der Waals surface area (Å²) in [6.45, 7) is 12.2. The largest absolute Gasteiger partial charge is 0.383 e. The van der Waals surface area contributed by atoms with E-state index in [9.17, 15) is 0 Å². The van der Waals surface area contributed by atoms with Crippen molar-refractivity contribution in [2.75, 3.05) is 18.9 Å². The number of rotatable bonds is 8. The summed E-state index contributed by atoms with van der Waals surface area (Å²) in [6.07, 6.45) is 2.98. The topological polar surface area (TPSA) is 60.2 Å². The summed E-state index contributed by atoms with van der Waals surface area (Å²) < 4.78 is 5.97. The second-order valence-electron chi connectivity index (χ2n) is 5.58. The van der Waals surface area contributed by atoms with Crippen LogP contribution in [-0.2, 0) is 4.74 Å². The molecule has 3 N–H and O–H groups in total. The van der Waals surface area contributed by atoms with Crippen molar-refractivity contribution in [3.63, 3.8) is 0 Å². The molecule has 20 heavy (non-hydrogen) atoms. The number of hydrogen-bond donors (Lipinski definition) is 2. The van der Waals surface area contributed by atoms with Crippen molar-refractivity contribution in [2.45, 2.75) is 53.2 Å². The van der Waals surface area contributed by atoms with Crippen LogP contribution in [0.5, 0.6) is 0 Å². The smallest absolute Gasteiger partial charge is 0.128 e. The minimum absolute atomic E-state index is 0.0855. The number of anilines is 1. The maximum atomic E-state index is 6.09. The first-order valence-corrected chi connectivity index (χ1v) is 7.58. The summed E-state index contributed by atoms with van der Waals surface area (Å²) in [7, 11) is 0. The third-order valence-corrected chi connectivity index (χ3v) is 3.38. The highest BCUT2D eigenvalue weighted by molar-refractivity contribution is 5.43. The van der Waals surface area contributed by atoms with E-state index in [1.54, 1.807) is 6.20 Å². The lowest BCUT2D eigenvalue weighted by atomic mass is 9.93. The van der Waals surface area contributed by atoms with Gasteiger partial charge in [0.05, 0.1) is 12.1 Å². The molecule has 0 aromatic carbocycles. The fourth-order valence-corrected chi connectivity index (χ4v) is 2.42. The Hall–Kier alpha value is -1.13. The van der Waals surface area contributed by atoms with Gasteiger partial charge in [-0.2, -0.15) is 0 Å². The molecule has 1 rings (SSSR count). The highest BCUT2D eigenvalue weighted by Crippen LogP contribution is 2.28. The van der Waals surface area contributed by atoms with Crippen LogP contribution >= 0.6 is 0 Å². The monoisotopic (exact) mass is 279 g/mol. The van der Waals surface area contributed by atoms with Crippen LogP contribution in [0, 0.1) is 12.8 Å².